The van der Waals surface area contributed by atoms with Crippen LogP contribution in [0.15, 0.2) is 124 Å². The van der Waals surface area contributed by atoms with E-state index >= 15 is 0 Å². The van der Waals surface area contributed by atoms with Gasteiger partial charge in [0.25, 0.3) is 0 Å². The molecule has 5 aliphatic rings. The van der Waals surface area contributed by atoms with Crippen LogP contribution < -0.4 is 0 Å². The Morgan fingerprint density at radius 2 is 1.17 bits per heavy atom. The van der Waals surface area contributed by atoms with Crippen LogP contribution in [0.25, 0.3) is 77.5 Å². The highest BCUT2D eigenvalue weighted by Gasteiger charge is 2.61. The van der Waals surface area contributed by atoms with Crippen molar-refractivity contribution in [1.29, 1.82) is 0 Å². The van der Waals surface area contributed by atoms with Gasteiger partial charge in [0.05, 0.1) is 0 Å². The second-order valence-corrected chi connectivity index (χ2v) is 15.1. The molecule has 0 N–H and O–H groups in total. The maximum Gasteiger partial charge on any atom is 0.227 e. The molecule has 3 heteroatoms. The van der Waals surface area contributed by atoms with Gasteiger partial charge in [0, 0.05) is 27.3 Å². The molecule has 230 valence electrons. The molecule has 1 spiro atoms. The Labute approximate surface area is 278 Å². The molecule has 2 aromatic heterocycles. The molecule has 4 fully saturated rings. The van der Waals surface area contributed by atoms with Crippen LogP contribution in [-0.2, 0) is 5.41 Å². The van der Waals surface area contributed by atoms with Gasteiger partial charge in [-0.25, -0.2) is 4.98 Å². The van der Waals surface area contributed by atoms with Crippen molar-refractivity contribution in [2.24, 2.45) is 23.7 Å². The number of furan rings is 1. The van der Waals surface area contributed by atoms with E-state index < -0.39 is 0 Å². The molecular weight excluding hydrogens is 587 g/mol. The molecule has 4 saturated carbocycles. The van der Waals surface area contributed by atoms with E-state index in [4.69, 9.17) is 13.8 Å². The summed E-state index contributed by atoms with van der Waals surface area (Å²) in [5, 5.41) is 4.78. The van der Waals surface area contributed by atoms with Gasteiger partial charge in [-0.15, -0.1) is 0 Å². The van der Waals surface area contributed by atoms with Crippen molar-refractivity contribution in [2.75, 3.05) is 0 Å². The normalized spacial score (nSPS) is 25.2. The molecule has 0 radical (unpaired) electrons. The first-order valence-corrected chi connectivity index (χ1v) is 17.7. The number of benzene rings is 6. The first-order valence-electron chi connectivity index (χ1n) is 17.7. The SMILES string of the molecule is c1ccc2c(c1)-c1c(ccc3oc4c(-c5cccc6c(-c7nc8ccccc8o7)cccc56)cccc4c13)C21C2CC3CC(C2)CC1C3. The van der Waals surface area contributed by atoms with Gasteiger partial charge < -0.3 is 8.83 Å². The summed E-state index contributed by atoms with van der Waals surface area (Å²) in [6.45, 7) is 0. The van der Waals surface area contributed by atoms with Crippen LogP contribution in [0.4, 0.5) is 0 Å². The van der Waals surface area contributed by atoms with E-state index in [0.717, 1.165) is 73.4 Å². The lowest BCUT2D eigenvalue weighted by molar-refractivity contribution is -0.0399. The molecule has 0 saturated heterocycles. The third kappa shape index (κ3) is 3.13. The van der Waals surface area contributed by atoms with Crippen LogP contribution in [-0.4, -0.2) is 4.98 Å². The van der Waals surface area contributed by atoms with Crippen LogP contribution in [0.3, 0.4) is 0 Å². The average Bonchev–Trinajstić information content (AvgIpc) is 3.81. The summed E-state index contributed by atoms with van der Waals surface area (Å²) < 4.78 is 13.2. The van der Waals surface area contributed by atoms with Gasteiger partial charge in [-0.05, 0) is 119 Å². The number of rotatable bonds is 2. The van der Waals surface area contributed by atoms with Crippen molar-refractivity contribution in [1.82, 2.24) is 4.98 Å². The summed E-state index contributed by atoms with van der Waals surface area (Å²) in [5.74, 6) is 3.99. The van der Waals surface area contributed by atoms with Gasteiger partial charge >= 0.3 is 0 Å². The van der Waals surface area contributed by atoms with E-state index in [1.807, 2.05) is 24.3 Å². The number of hydrogen-bond donors (Lipinski definition) is 0. The maximum absolute atomic E-state index is 6.94. The van der Waals surface area contributed by atoms with Crippen molar-refractivity contribution in [3.05, 3.63) is 126 Å². The van der Waals surface area contributed by atoms with Crippen molar-refractivity contribution in [3.63, 3.8) is 0 Å². The van der Waals surface area contributed by atoms with Gasteiger partial charge in [0.2, 0.25) is 5.89 Å². The Hall–Kier alpha value is -5.15. The molecular formula is C45H33NO2. The molecule has 48 heavy (non-hydrogen) atoms. The molecule has 0 unspecified atom stereocenters. The maximum atomic E-state index is 6.94. The van der Waals surface area contributed by atoms with E-state index in [0.29, 0.717) is 5.89 Å². The molecule has 3 nitrogen and oxygen atoms in total. The Kier molecular flexibility index (Phi) is 4.88. The molecule has 0 amide bonds. The largest absolute Gasteiger partial charge is 0.455 e. The third-order valence-electron chi connectivity index (χ3n) is 12.9. The summed E-state index contributed by atoms with van der Waals surface area (Å²) in [7, 11) is 0. The van der Waals surface area contributed by atoms with Crippen molar-refractivity contribution in [2.45, 2.75) is 37.5 Å². The van der Waals surface area contributed by atoms with Gasteiger partial charge in [0.15, 0.2) is 5.58 Å². The highest BCUT2D eigenvalue weighted by molar-refractivity contribution is 6.19. The van der Waals surface area contributed by atoms with Gasteiger partial charge in [-0.1, -0.05) is 91.0 Å². The minimum Gasteiger partial charge on any atom is -0.455 e. The van der Waals surface area contributed by atoms with Crippen LogP contribution in [0.1, 0.15) is 43.2 Å². The summed E-state index contributed by atoms with van der Waals surface area (Å²) in [4.78, 5) is 4.84. The standard InChI is InChI=1S/C45H33NO2/c1-2-15-36-34(8-1)41-37(45(36)27-21-25-20-26(23-27)24-28(45)22-25)18-19-40-42(41)35-14-7-12-32(43(35)47-40)30-10-5-11-31-29(30)9-6-13-33(31)44-46-38-16-3-4-17-39(38)48-44/h1-19,25-28H,20-24H2. The molecule has 6 aromatic carbocycles. The molecule has 0 aliphatic heterocycles. The zero-order chi connectivity index (χ0) is 31.1. The number of nitrogens with zero attached hydrogens (tertiary/aromatic N) is 1. The van der Waals surface area contributed by atoms with Crippen LogP contribution >= 0.6 is 0 Å². The fraction of sp³-hybridized carbons (Fsp3) is 0.222. The minimum atomic E-state index is 0.144. The third-order valence-corrected chi connectivity index (χ3v) is 12.9. The van der Waals surface area contributed by atoms with Crippen molar-refractivity contribution in [3.8, 4) is 33.7 Å². The molecule has 8 aromatic rings. The van der Waals surface area contributed by atoms with Crippen molar-refractivity contribution < 1.29 is 8.83 Å². The molecule has 13 rings (SSSR count). The average molecular weight is 620 g/mol. The Morgan fingerprint density at radius 3 is 1.98 bits per heavy atom. The number of fused-ring (bicyclic) bond motifs is 9. The summed E-state index contributed by atoms with van der Waals surface area (Å²) in [6.07, 6.45) is 7.03. The molecule has 5 aliphatic carbocycles. The first-order chi connectivity index (χ1) is 23.8. The van der Waals surface area contributed by atoms with E-state index in [9.17, 15) is 0 Å². The number of hydrogen-bond acceptors (Lipinski definition) is 3. The molecule has 0 atom stereocenters. The Balaban J connectivity index is 1.09. The number of oxazole rings is 1. The summed E-state index contributed by atoms with van der Waals surface area (Å²) in [5.41, 5.74) is 13.1. The topological polar surface area (TPSA) is 39.2 Å². The van der Waals surface area contributed by atoms with Crippen LogP contribution in [0, 0.1) is 23.7 Å². The highest BCUT2D eigenvalue weighted by Crippen LogP contribution is 2.70. The first kappa shape index (κ1) is 25.9. The molecule has 2 heterocycles. The van der Waals surface area contributed by atoms with Gasteiger partial charge in [-0.2, -0.15) is 0 Å². The smallest absolute Gasteiger partial charge is 0.227 e. The van der Waals surface area contributed by atoms with E-state index in [2.05, 4.69) is 91.0 Å². The molecule has 4 bridgehead atoms. The summed E-state index contributed by atoms with van der Waals surface area (Å²) in [6, 6.07) is 41.8. The zero-order valence-corrected chi connectivity index (χ0v) is 26.6. The van der Waals surface area contributed by atoms with Crippen LogP contribution in [0.5, 0.6) is 0 Å². The predicted octanol–water partition coefficient (Wildman–Crippen LogP) is 11.9. The van der Waals surface area contributed by atoms with Crippen molar-refractivity contribution >= 4 is 43.8 Å². The zero-order valence-electron chi connectivity index (χ0n) is 26.6. The fourth-order valence-corrected chi connectivity index (χ4v) is 11.5. The Bertz CT molecular complexity index is 2590. The second-order valence-electron chi connectivity index (χ2n) is 15.1. The lowest BCUT2D eigenvalue weighted by Crippen LogP contribution is -2.55. The monoisotopic (exact) mass is 619 g/mol. The Morgan fingerprint density at radius 1 is 0.500 bits per heavy atom. The second kappa shape index (κ2) is 9.05. The minimum absolute atomic E-state index is 0.144. The van der Waals surface area contributed by atoms with Crippen LogP contribution in [0.2, 0.25) is 0 Å². The lowest BCUT2D eigenvalue weighted by Gasteiger charge is -2.61. The van der Waals surface area contributed by atoms with E-state index in [-0.39, 0.29) is 5.41 Å². The highest BCUT2D eigenvalue weighted by atomic mass is 16.3. The summed E-state index contributed by atoms with van der Waals surface area (Å²) >= 11 is 0. The van der Waals surface area contributed by atoms with E-state index in [1.54, 1.807) is 11.1 Å². The lowest BCUT2D eigenvalue weighted by atomic mass is 9.43. The quantitative estimate of drug-likeness (QED) is 0.193. The van der Waals surface area contributed by atoms with Gasteiger partial charge in [-0.3, -0.25) is 0 Å². The fourth-order valence-electron chi connectivity index (χ4n) is 11.5. The predicted molar refractivity (Wildman–Crippen MR) is 193 cm³/mol. The van der Waals surface area contributed by atoms with E-state index in [1.165, 1.54) is 54.0 Å². The number of aromatic nitrogens is 1. The van der Waals surface area contributed by atoms with Gasteiger partial charge in [0.1, 0.15) is 16.7 Å². The number of para-hydroxylation sites is 3.